The van der Waals surface area contributed by atoms with Crippen molar-refractivity contribution in [1.82, 2.24) is 10.2 Å². The molecule has 0 spiro atoms. The summed E-state index contributed by atoms with van der Waals surface area (Å²) >= 11 is 0. The molecule has 1 aliphatic rings. The van der Waals surface area contributed by atoms with Gasteiger partial charge in [-0.3, -0.25) is 9.89 Å². The van der Waals surface area contributed by atoms with Gasteiger partial charge in [-0.25, -0.2) is 0 Å². The second kappa shape index (κ2) is 3.02. The number of ketones is 1. The van der Waals surface area contributed by atoms with E-state index in [-0.39, 0.29) is 11.7 Å². The topological polar surface area (TPSA) is 69.6 Å². The van der Waals surface area contributed by atoms with Crippen LogP contribution >= 0.6 is 0 Å². The van der Waals surface area contributed by atoms with Crippen molar-refractivity contribution in [1.29, 1.82) is 5.41 Å². The molecule has 1 heterocycles. The lowest BCUT2D eigenvalue weighted by Crippen LogP contribution is -2.25. The summed E-state index contributed by atoms with van der Waals surface area (Å²) in [5.74, 6) is 0.159. The number of carbonyl (C=O) groups excluding carboxylic acids is 1. The van der Waals surface area contributed by atoms with Crippen LogP contribution in [0.1, 0.15) is 43.2 Å². The van der Waals surface area contributed by atoms with E-state index in [1.807, 2.05) is 20.8 Å². The zero-order chi connectivity index (χ0) is 11.2. The lowest BCUT2D eigenvalue weighted by atomic mass is 9.80. The van der Waals surface area contributed by atoms with Gasteiger partial charge in [0.1, 0.15) is 5.69 Å². The van der Waals surface area contributed by atoms with Crippen LogP contribution in [0.3, 0.4) is 0 Å². The molecule has 1 aromatic rings. The van der Waals surface area contributed by atoms with E-state index in [1.165, 1.54) is 0 Å². The van der Waals surface area contributed by atoms with Crippen LogP contribution in [-0.2, 0) is 0 Å². The molecule has 0 amide bonds. The Hall–Kier alpha value is -1.45. The van der Waals surface area contributed by atoms with Crippen molar-refractivity contribution in [2.75, 3.05) is 0 Å². The Morgan fingerprint density at radius 1 is 1.60 bits per heavy atom. The molecule has 0 saturated carbocycles. The normalized spacial score (nSPS) is 24.9. The largest absolute Gasteiger partial charge is 0.304 e. The SMILES string of the molecule is CC1CC(C)(C)C(=O)c2[nH]ncc2C1=N. The molecule has 15 heavy (non-hydrogen) atoms. The Balaban J connectivity index is 2.60. The molecule has 4 nitrogen and oxygen atoms in total. The van der Waals surface area contributed by atoms with Crippen molar-refractivity contribution >= 4 is 11.5 Å². The first-order valence-corrected chi connectivity index (χ1v) is 5.10. The number of nitrogens with zero attached hydrogens (tertiary/aromatic N) is 1. The number of Topliss-reactive ketones (excluding diaryl/α,β-unsaturated/α-hetero) is 1. The lowest BCUT2D eigenvalue weighted by Gasteiger charge is -2.22. The summed E-state index contributed by atoms with van der Waals surface area (Å²) in [7, 11) is 0. The molecule has 1 atom stereocenters. The van der Waals surface area contributed by atoms with Crippen LogP contribution in [-0.4, -0.2) is 21.7 Å². The second-order valence-electron chi connectivity index (χ2n) is 4.89. The van der Waals surface area contributed by atoms with E-state index in [0.29, 0.717) is 23.4 Å². The van der Waals surface area contributed by atoms with E-state index in [4.69, 9.17) is 5.41 Å². The maximum Gasteiger partial charge on any atom is 0.186 e. The molecule has 0 aliphatic heterocycles. The van der Waals surface area contributed by atoms with Crippen molar-refractivity contribution in [3.63, 3.8) is 0 Å². The van der Waals surface area contributed by atoms with Crippen molar-refractivity contribution in [3.05, 3.63) is 17.5 Å². The minimum Gasteiger partial charge on any atom is -0.304 e. The smallest absolute Gasteiger partial charge is 0.186 e. The Kier molecular flexibility index (Phi) is 2.03. The van der Waals surface area contributed by atoms with Crippen LogP contribution < -0.4 is 0 Å². The number of aromatic nitrogens is 2. The molecule has 1 unspecified atom stereocenters. The van der Waals surface area contributed by atoms with Gasteiger partial charge in [-0.05, 0) is 12.3 Å². The number of H-pyrrole nitrogens is 1. The number of carbonyl (C=O) groups is 1. The average Bonchev–Trinajstić information content (AvgIpc) is 2.60. The molecule has 4 heteroatoms. The minimum absolute atomic E-state index is 0.0594. The molecule has 0 saturated heterocycles. The molecule has 1 aromatic heterocycles. The molecule has 2 N–H and O–H groups in total. The van der Waals surface area contributed by atoms with E-state index in [2.05, 4.69) is 10.2 Å². The first kappa shape index (κ1) is 10.1. The summed E-state index contributed by atoms with van der Waals surface area (Å²) in [5.41, 5.74) is 1.26. The highest BCUT2D eigenvalue weighted by Crippen LogP contribution is 2.35. The Morgan fingerprint density at radius 3 is 2.93 bits per heavy atom. The summed E-state index contributed by atoms with van der Waals surface area (Å²) in [5, 5.41) is 14.6. The summed E-state index contributed by atoms with van der Waals surface area (Å²) in [4.78, 5) is 12.1. The Bertz CT molecular complexity index is 431. The first-order valence-electron chi connectivity index (χ1n) is 5.10. The van der Waals surface area contributed by atoms with Crippen LogP contribution in [0.5, 0.6) is 0 Å². The van der Waals surface area contributed by atoms with E-state index in [1.54, 1.807) is 6.20 Å². The average molecular weight is 205 g/mol. The lowest BCUT2D eigenvalue weighted by molar-refractivity contribution is 0.0815. The minimum atomic E-state index is -0.413. The number of nitrogens with one attached hydrogen (secondary N) is 2. The van der Waals surface area contributed by atoms with Crippen LogP contribution in [0.4, 0.5) is 0 Å². The van der Waals surface area contributed by atoms with Crippen molar-refractivity contribution in [2.24, 2.45) is 11.3 Å². The quantitative estimate of drug-likeness (QED) is 0.636. The maximum absolute atomic E-state index is 12.1. The predicted molar refractivity (Wildman–Crippen MR) is 57.3 cm³/mol. The monoisotopic (exact) mass is 205 g/mol. The number of rotatable bonds is 0. The van der Waals surface area contributed by atoms with Gasteiger partial charge < -0.3 is 5.41 Å². The van der Waals surface area contributed by atoms with Gasteiger partial charge in [-0.15, -0.1) is 0 Å². The molecule has 0 bridgehead atoms. The predicted octanol–water partition coefficient (Wildman–Crippen LogP) is 2.03. The molecular weight excluding hydrogens is 190 g/mol. The fraction of sp³-hybridized carbons (Fsp3) is 0.545. The molecular formula is C11H15N3O. The first-order chi connectivity index (χ1) is 6.93. The molecule has 80 valence electrons. The van der Waals surface area contributed by atoms with E-state index in [0.717, 1.165) is 0 Å². The summed E-state index contributed by atoms with van der Waals surface area (Å²) < 4.78 is 0. The Labute approximate surface area is 88.6 Å². The highest BCUT2D eigenvalue weighted by Gasteiger charge is 2.38. The van der Waals surface area contributed by atoms with E-state index >= 15 is 0 Å². The van der Waals surface area contributed by atoms with Crippen LogP contribution in [0.2, 0.25) is 0 Å². The highest BCUT2D eigenvalue weighted by atomic mass is 16.1. The van der Waals surface area contributed by atoms with Gasteiger partial charge in [0.2, 0.25) is 0 Å². The number of fused-ring (bicyclic) bond motifs is 1. The molecule has 0 fully saturated rings. The van der Waals surface area contributed by atoms with Gasteiger partial charge in [0.05, 0.1) is 6.20 Å². The third-order valence-electron chi connectivity index (χ3n) is 3.08. The molecule has 2 rings (SSSR count). The van der Waals surface area contributed by atoms with Gasteiger partial charge >= 0.3 is 0 Å². The zero-order valence-electron chi connectivity index (χ0n) is 9.22. The zero-order valence-corrected chi connectivity index (χ0v) is 9.22. The number of aromatic amines is 1. The van der Waals surface area contributed by atoms with Crippen molar-refractivity contribution in [2.45, 2.75) is 27.2 Å². The van der Waals surface area contributed by atoms with Crippen molar-refractivity contribution < 1.29 is 4.79 Å². The van der Waals surface area contributed by atoms with Crippen LogP contribution in [0, 0.1) is 16.7 Å². The third-order valence-corrected chi connectivity index (χ3v) is 3.08. The third kappa shape index (κ3) is 1.40. The molecule has 1 aliphatic carbocycles. The van der Waals surface area contributed by atoms with Gasteiger partial charge in [-0.1, -0.05) is 20.8 Å². The van der Waals surface area contributed by atoms with Crippen molar-refractivity contribution in [3.8, 4) is 0 Å². The fourth-order valence-electron chi connectivity index (χ4n) is 2.23. The van der Waals surface area contributed by atoms with Gasteiger partial charge in [0, 0.05) is 16.7 Å². The summed E-state index contributed by atoms with van der Waals surface area (Å²) in [6.07, 6.45) is 2.29. The summed E-state index contributed by atoms with van der Waals surface area (Å²) in [6.45, 7) is 5.84. The van der Waals surface area contributed by atoms with Gasteiger partial charge in [0.25, 0.3) is 0 Å². The molecule has 0 aromatic carbocycles. The number of hydrogen-bond acceptors (Lipinski definition) is 3. The standard InChI is InChI=1S/C11H15N3O/c1-6-4-11(2,3)10(15)9-7(8(6)12)5-13-14-9/h5-6,12H,4H2,1-3H3,(H,13,14). The number of hydrogen-bond donors (Lipinski definition) is 2. The second-order valence-corrected chi connectivity index (χ2v) is 4.89. The van der Waals surface area contributed by atoms with Gasteiger partial charge in [0.15, 0.2) is 5.78 Å². The van der Waals surface area contributed by atoms with E-state index in [9.17, 15) is 4.79 Å². The van der Waals surface area contributed by atoms with E-state index < -0.39 is 5.41 Å². The maximum atomic E-state index is 12.1. The molecule has 0 radical (unpaired) electrons. The highest BCUT2D eigenvalue weighted by molar-refractivity contribution is 6.12. The fourth-order valence-corrected chi connectivity index (χ4v) is 2.23. The van der Waals surface area contributed by atoms with Crippen LogP contribution in [0.25, 0.3) is 0 Å². The summed E-state index contributed by atoms with van der Waals surface area (Å²) in [6, 6.07) is 0. The van der Waals surface area contributed by atoms with Gasteiger partial charge in [-0.2, -0.15) is 5.10 Å². The Morgan fingerprint density at radius 2 is 2.27 bits per heavy atom. The van der Waals surface area contributed by atoms with Crippen LogP contribution in [0.15, 0.2) is 6.20 Å².